The van der Waals surface area contributed by atoms with Crippen LogP contribution in [0.4, 0.5) is 0 Å². The van der Waals surface area contributed by atoms with Crippen LogP contribution in [0, 0.1) is 0 Å². The van der Waals surface area contributed by atoms with Crippen molar-refractivity contribution in [3.05, 3.63) is 0 Å². The number of hydrogen-bond acceptors (Lipinski definition) is 4. The average molecular weight is 176 g/mol. The van der Waals surface area contributed by atoms with E-state index < -0.39 is 0 Å². The Balaban J connectivity index is 1.85. The van der Waals surface area contributed by atoms with Gasteiger partial charge in [0.2, 0.25) is 0 Å². The Morgan fingerprint density at radius 3 is 3.00 bits per heavy atom. The van der Waals surface area contributed by atoms with Crippen LogP contribution in [0.25, 0.3) is 0 Å². The highest BCUT2D eigenvalue weighted by atomic mass is 32.2. The third-order valence-electron chi connectivity index (χ3n) is 1.81. The molecule has 0 aliphatic carbocycles. The Morgan fingerprint density at radius 1 is 1.40 bits per heavy atom. The first kappa shape index (κ1) is 7.28. The third-order valence-corrected chi connectivity index (χ3v) is 4.01. The SMILES string of the molecule is C1CSC(N2CCSC2)N1. The zero-order chi connectivity index (χ0) is 6.81. The number of rotatable bonds is 1. The molecule has 2 saturated heterocycles. The van der Waals surface area contributed by atoms with Crippen molar-refractivity contribution in [3.8, 4) is 0 Å². The van der Waals surface area contributed by atoms with Crippen LogP contribution in [0.15, 0.2) is 0 Å². The van der Waals surface area contributed by atoms with E-state index in [1.807, 2.05) is 23.5 Å². The normalized spacial score (nSPS) is 35.4. The predicted molar refractivity (Wildman–Crippen MR) is 48.3 cm³/mol. The molecule has 2 nitrogen and oxygen atoms in total. The first-order valence-corrected chi connectivity index (χ1v) is 5.84. The second-order valence-corrected chi connectivity index (χ2v) is 4.79. The smallest absolute Gasteiger partial charge is 0.109 e. The van der Waals surface area contributed by atoms with E-state index in [0.29, 0.717) is 5.50 Å². The minimum Gasteiger partial charge on any atom is -0.292 e. The third kappa shape index (κ3) is 1.44. The first-order valence-electron chi connectivity index (χ1n) is 3.63. The summed E-state index contributed by atoms with van der Waals surface area (Å²) in [6, 6.07) is 0. The molecule has 10 heavy (non-hydrogen) atoms. The second-order valence-electron chi connectivity index (χ2n) is 2.53. The molecule has 2 fully saturated rings. The molecule has 4 heteroatoms. The summed E-state index contributed by atoms with van der Waals surface area (Å²) in [7, 11) is 0. The van der Waals surface area contributed by atoms with Gasteiger partial charge in [0.15, 0.2) is 0 Å². The van der Waals surface area contributed by atoms with Crippen molar-refractivity contribution in [1.82, 2.24) is 10.2 Å². The van der Waals surface area contributed by atoms with Crippen molar-refractivity contribution < 1.29 is 0 Å². The molecule has 2 rings (SSSR count). The first-order chi connectivity index (χ1) is 4.97. The van der Waals surface area contributed by atoms with E-state index in [0.717, 1.165) is 0 Å². The van der Waals surface area contributed by atoms with Crippen LogP contribution in [0.2, 0.25) is 0 Å². The molecule has 2 aliphatic rings. The fourth-order valence-corrected chi connectivity index (χ4v) is 3.44. The molecule has 0 bridgehead atoms. The van der Waals surface area contributed by atoms with Crippen LogP contribution in [0.5, 0.6) is 0 Å². The molecule has 0 aromatic rings. The molecule has 0 spiro atoms. The zero-order valence-electron chi connectivity index (χ0n) is 5.88. The van der Waals surface area contributed by atoms with Gasteiger partial charge in [-0.05, 0) is 0 Å². The van der Waals surface area contributed by atoms with Gasteiger partial charge in [-0.2, -0.15) is 0 Å². The summed E-state index contributed by atoms with van der Waals surface area (Å²) in [6.45, 7) is 2.46. The maximum atomic E-state index is 3.47. The molecule has 58 valence electrons. The van der Waals surface area contributed by atoms with Crippen molar-refractivity contribution >= 4 is 23.5 Å². The van der Waals surface area contributed by atoms with Crippen molar-refractivity contribution in [2.75, 3.05) is 30.5 Å². The topological polar surface area (TPSA) is 15.3 Å². The van der Waals surface area contributed by atoms with E-state index in [2.05, 4.69) is 10.2 Å². The fraction of sp³-hybridized carbons (Fsp3) is 1.00. The van der Waals surface area contributed by atoms with E-state index in [-0.39, 0.29) is 0 Å². The molecular formula is C6H12N2S2. The molecule has 1 atom stereocenters. The van der Waals surface area contributed by atoms with E-state index in [1.165, 1.54) is 30.5 Å². The Morgan fingerprint density at radius 2 is 2.40 bits per heavy atom. The van der Waals surface area contributed by atoms with Crippen LogP contribution < -0.4 is 5.32 Å². The zero-order valence-corrected chi connectivity index (χ0v) is 7.51. The lowest BCUT2D eigenvalue weighted by atomic mass is 10.6. The number of nitrogens with zero attached hydrogens (tertiary/aromatic N) is 1. The van der Waals surface area contributed by atoms with E-state index >= 15 is 0 Å². The lowest BCUT2D eigenvalue weighted by Crippen LogP contribution is -2.37. The molecule has 0 radical (unpaired) electrons. The highest BCUT2D eigenvalue weighted by Crippen LogP contribution is 2.23. The van der Waals surface area contributed by atoms with E-state index in [4.69, 9.17) is 0 Å². The standard InChI is InChI=1S/C6H12N2S2/c1-3-10-6(7-1)8-2-4-9-5-8/h6-7H,1-5H2. The molecule has 0 saturated carbocycles. The largest absolute Gasteiger partial charge is 0.292 e. The average Bonchev–Trinajstić information content (AvgIpc) is 2.59. The fourth-order valence-electron chi connectivity index (χ4n) is 1.26. The van der Waals surface area contributed by atoms with Crippen molar-refractivity contribution in [3.63, 3.8) is 0 Å². The molecule has 1 unspecified atom stereocenters. The van der Waals surface area contributed by atoms with Gasteiger partial charge in [0, 0.05) is 30.5 Å². The maximum Gasteiger partial charge on any atom is 0.109 e. The summed E-state index contributed by atoms with van der Waals surface area (Å²) in [5, 5.41) is 3.47. The Hall–Kier alpha value is 0.620. The number of thioether (sulfide) groups is 2. The summed E-state index contributed by atoms with van der Waals surface area (Å²) < 4.78 is 0. The molecular weight excluding hydrogens is 164 g/mol. The van der Waals surface area contributed by atoms with Gasteiger partial charge in [-0.25, -0.2) is 0 Å². The molecule has 0 aromatic heterocycles. The van der Waals surface area contributed by atoms with Crippen molar-refractivity contribution in [1.29, 1.82) is 0 Å². The molecule has 1 N–H and O–H groups in total. The minimum atomic E-state index is 0.634. The van der Waals surface area contributed by atoms with Crippen LogP contribution in [-0.4, -0.2) is 40.9 Å². The van der Waals surface area contributed by atoms with Crippen molar-refractivity contribution in [2.24, 2.45) is 0 Å². The van der Waals surface area contributed by atoms with Gasteiger partial charge in [0.25, 0.3) is 0 Å². The quantitative estimate of drug-likeness (QED) is 0.629. The van der Waals surface area contributed by atoms with E-state index in [1.54, 1.807) is 0 Å². The van der Waals surface area contributed by atoms with Crippen LogP contribution in [-0.2, 0) is 0 Å². The lowest BCUT2D eigenvalue weighted by Gasteiger charge is -2.20. The summed E-state index contributed by atoms with van der Waals surface area (Å²) in [6.07, 6.45) is 0. The minimum absolute atomic E-state index is 0.634. The number of nitrogens with one attached hydrogen (secondary N) is 1. The van der Waals surface area contributed by atoms with Crippen molar-refractivity contribution in [2.45, 2.75) is 5.50 Å². The Kier molecular flexibility index (Phi) is 2.43. The summed E-state index contributed by atoms with van der Waals surface area (Å²) >= 11 is 4.08. The van der Waals surface area contributed by atoms with Gasteiger partial charge in [-0.15, -0.1) is 23.5 Å². The molecule has 0 aromatic carbocycles. The molecule has 2 heterocycles. The maximum absolute atomic E-state index is 3.47. The van der Waals surface area contributed by atoms with Gasteiger partial charge in [0.05, 0.1) is 0 Å². The second kappa shape index (κ2) is 3.34. The number of hydrogen-bond donors (Lipinski definition) is 1. The van der Waals surface area contributed by atoms with Crippen LogP contribution in [0.1, 0.15) is 0 Å². The molecule has 2 aliphatic heterocycles. The van der Waals surface area contributed by atoms with Gasteiger partial charge < -0.3 is 0 Å². The summed E-state index contributed by atoms with van der Waals surface area (Å²) in [4.78, 5) is 2.52. The lowest BCUT2D eigenvalue weighted by molar-refractivity contribution is 0.306. The van der Waals surface area contributed by atoms with Crippen LogP contribution >= 0.6 is 23.5 Å². The van der Waals surface area contributed by atoms with Gasteiger partial charge in [0.1, 0.15) is 5.50 Å². The van der Waals surface area contributed by atoms with E-state index in [9.17, 15) is 0 Å². The highest BCUT2D eigenvalue weighted by Gasteiger charge is 2.24. The Labute approximate surface area is 70.1 Å². The monoisotopic (exact) mass is 176 g/mol. The van der Waals surface area contributed by atoms with Gasteiger partial charge in [-0.3, -0.25) is 10.2 Å². The van der Waals surface area contributed by atoms with Gasteiger partial charge in [-0.1, -0.05) is 0 Å². The Bertz CT molecular complexity index is 94.3. The summed E-state index contributed by atoms with van der Waals surface area (Å²) in [5.74, 6) is 3.83. The predicted octanol–water partition coefficient (Wildman–Crippen LogP) is 0.613. The molecule has 0 amide bonds. The van der Waals surface area contributed by atoms with Crippen LogP contribution in [0.3, 0.4) is 0 Å². The van der Waals surface area contributed by atoms with Gasteiger partial charge >= 0.3 is 0 Å². The highest BCUT2D eigenvalue weighted by molar-refractivity contribution is 8.00. The summed E-state index contributed by atoms with van der Waals surface area (Å²) in [5.41, 5.74) is 0.634.